The number of ether oxygens (including phenoxy) is 2. The van der Waals surface area contributed by atoms with Crippen LogP contribution >= 0.6 is 22.9 Å². The molecule has 33 heavy (non-hydrogen) atoms. The van der Waals surface area contributed by atoms with Crippen molar-refractivity contribution in [1.29, 1.82) is 0 Å². The van der Waals surface area contributed by atoms with Gasteiger partial charge in [0.05, 0.1) is 19.2 Å². The molecule has 0 saturated heterocycles. The van der Waals surface area contributed by atoms with E-state index in [2.05, 4.69) is 9.97 Å². The Bertz CT molecular complexity index is 1260. The summed E-state index contributed by atoms with van der Waals surface area (Å²) in [7, 11) is -2.86. The number of hydrogen-bond acceptors (Lipinski definition) is 8. The van der Waals surface area contributed by atoms with E-state index < -0.39 is 37.5 Å². The standard InChI is InChI=1S/C21H21ClFN3O5S2/c1-21(2,3)31-20(27)17-19(32-12-25-17)26(11-13-5-7-14(30-4)8-6-13)33(28,29)15-9-16(23)18(22)24-10-15/h5-10,12H,11H2,1-4H3. The molecule has 0 aliphatic heterocycles. The van der Waals surface area contributed by atoms with Gasteiger partial charge in [-0.25, -0.2) is 27.6 Å². The van der Waals surface area contributed by atoms with Crippen LogP contribution in [0.15, 0.2) is 46.9 Å². The maximum atomic E-state index is 14.0. The number of aromatic nitrogens is 2. The number of thiazole rings is 1. The first-order chi connectivity index (χ1) is 15.4. The van der Waals surface area contributed by atoms with Crippen LogP contribution in [0.3, 0.4) is 0 Å². The number of sulfonamides is 1. The van der Waals surface area contributed by atoms with Crippen LogP contribution in [0, 0.1) is 5.82 Å². The number of esters is 1. The van der Waals surface area contributed by atoms with Crippen LogP contribution < -0.4 is 9.04 Å². The summed E-state index contributed by atoms with van der Waals surface area (Å²) < 4.78 is 52.7. The number of methoxy groups -OCH3 is 1. The molecule has 2 aromatic heterocycles. The first-order valence-corrected chi connectivity index (χ1v) is 12.3. The van der Waals surface area contributed by atoms with Crippen molar-refractivity contribution in [3.8, 4) is 5.75 Å². The summed E-state index contributed by atoms with van der Waals surface area (Å²) in [4.78, 5) is 20.0. The zero-order valence-corrected chi connectivity index (χ0v) is 20.6. The van der Waals surface area contributed by atoms with Crippen LogP contribution in [0.2, 0.25) is 5.15 Å². The summed E-state index contributed by atoms with van der Waals surface area (Å²) in [5, 5.41) is -0.432. The highest BCUT2D eigenvalue weighted by Gasteiger charge is 2.33. The van der Waals surface area contributed by atoms with Crippen molar-refractivity contribution in [2.45, 2.75) is 37.8 Å². The van der Waals surface area contributed by atoms with Crippen LogP contribution in [0.4, 0.5) is 9.39 Å². The van der Waals surface area contributed by atoms with Gasteiger partial charge in [0.2, 0.25) is 0 Å². The molecule has 0 N–H and O–H groups in total. The van der Waals surface area contributed by atoms with Gasteiger partial charge in [-0.3, -0.25) is 4.31 Å². The van der Waals surface area contributed by atoms with Gasteiger partial charge >= 0.3 is 5.97 Å². The first kappa shape index (κ1) is 24.9. The summed E-state index contributed by atoms with van der Waals surface area (Å²) in [6.45, 7) is 4.88. The second kappa shape index (κ2) is 9.62. The summed E-state index contributed by atoms with van der Waals surface area (Å²) in [5.41, 5.74) is 0.937. The molecule has 0 unspecified atom stereocenters. The predicted molar refractivity (Wildman–Crippen MR) is 123 cm³/mol. The highest BCUT2D eigenvalue weighted by atomic mass is 35.5. The van der Waals surface area contributed by atoms with E-state index in [4.69, 9.17) is 21.1 Å². The molecule has 1 aromatic carbocycles. The number of anilines is 1. The normalized spacial score (nSPS) is 11.8. The van der Waals surface area contributed by atoms with Gasteiger partial charge < -0.3 is 9.47 Å². The molecule has 0 aliphatic rings. The molecule has 0 radical (unpaired) electrons. The second-order valence-corrected chi connectivity index (χ2v) is 10.9. The number of pyridine rings is 1. The third-order valence-corrected chi connectivity index (χ3v) is 7.16. The number of halogens is 2. The molecule has 0 atom stereocenters. The van der Waals surface area contributed by atoms with Crippen molar-refractivity contribution in [3.05, 3.63) is 64.3 Å². The van der Waals surface area contributed by atoms with E-state index in [0.29, 0.717) is 11.3 Å². The lowest BCUT2D eigenvalue weighted by Gasteiger charge is -2.25. The summed E-state index contributed by atoms with van der Waals surface area (Å²) >= 11 is 6.56. The van der Waals surface area contributed by atoms with E-state index in [0.717, 1.165) is 27.9 Å². The fraction of sp³-hybridized carbons (Fsp3) is 0.286. The zero-order chi connectivity index (χ0) is 24.4. The lowest BCUT2D eigenvalue weighted by molar-refractivity contribution is 0.00646. The highest BCUT2D eigenvalue weighted by molar-refractivity contribution is 7.93. The number of hydrogen-bond donors (Lipinski definition) is 0. The van der Waals surface area contributed by atoms with Gasteiger partial charge in [0.25, 0.3) is 10.0 Å². The molecular weight excluding hydrogens is 493 g/mol. The van der Waals surface area contributed by atoms with Crippen molar-refractivity contribution in [1.82, 2.24) is 9.97 Å². The Kier molecular flexibility index (Phi) is 7.25. The Labute approximate surface area is 200 Å². The van der Waals surface area contributed by atoms with E-state index in [9.17, 15) is 17.6 Å². The fourth-order valence-electron chi connectivity index (χ4n) is 2.72. The molecular formula is C21H21ClFN3O5S2. The summed E-state index contributed by atoms with van der Waals surface area (Å²) in [5.74, 6) is -1.18. The van der Waals surface area contributed by atoms with Crippen molar-refractivity contribution in [2.75, 3.05) is 11.4 Å². The molecule has 2 heterocycles. The minimum absolute atomic E-state index is 0.0235. The molecule has 0 bridgehead atoms. The molecule has 0 spiro atoms. The Morgan fingerprint density at radius 1 is 1.21 bits per heavy atom. The maximum Gasteiger partial charge on any atom is 0.360 e. The first-order valence-electron chi connectivity index (χ1n) is 9.56. The molecule has 8 nitrogen and oxygen atoms in total. The monoisotopic (exact) mass is 513 g/mol. The third-order valence-electron chi connectivity index (χ3n) is 4.21. The predicted octanol–water partition coefficient (Wildman–Crippen LogP) is 4.69. The second-order valence-electron chi connectivity index (χ2n) is 7.81. The van der Waals surface area contributed by atoms with Gasteiger partial charge in [-0.05, 0) is 44.5 Å². The van der Waals surface area contributed by atoms with Gasteiger partial charge in [0.15, 0.2) is 16.7 Å². The minimum Gasteiger partial charge on any atom is -0.497 e. The molecule has 12 heteroatoms. The van der Waals surface area contributed by atoms with Gasteiger partial charge in [0.1, 0.15) is 21.2 Å². The molecule has 0 saturated carbocycles. The number of nitrogens with zero attached hydrogens (tertiary/aromatic N) is 3. The van der Waals surface area contributed by atoms with Crippen LogP contribution in [0.1, 0.15) is 36.8 Å². The van der Waals surface area contributed by atoms with Gasteiger partial charge in [-0.1, -0.05) is 23.7 Å². The zero-order valence-electron chi connectivity index (χ0n) is 18.2. The van der Waals surface area contributed by atoms with Gasteiger partial charge in [-0.2, -0.15) is 0 Å². The number of rotatable bonds is 7. The average Bonchev–Trinajstić information content (AvgIpc) is 3.22. The van der Waals surface area contributed by atoms with Crippen LogP contribution in [0.5, 0.6) is 5.75 Å². The Morgan fingerprint density at radius 2 is 1.88 bits per heavy atom. The third kappa shape index (κ3) is 5.79. The molecule has 3 rings (SSSR count). The van der Waals surface area contributed by atoms with E-state index in [1.807, 2.05) is 0 Å². The van der Waals surface area contributed by atoms with Crippen LogP contribution in [-0.2, 0) is 21.3 Å². The Hall–Kier alpha value is -2.76. The molecule has 0 fully saturated rings. The number of benzene rings is 1. The van der Waals surface area contributed by atoms with E-state index in [1.54, 1.807) is 45.0 Å². The number of carbonyl (C=O) groups is 1. The fourth-order valence-corrected chi connectivity index (χ4v) is 5.25. The molecule has 0 amide bonds. The summed E-state index contributed by atoms with van der Waals surface area (Å²) in [6.07, 6.45) is 0.954. The Morgan fingerprint density at radius 3 is 2.45 bits per heavy atom. The van der Waals surface area contributed by atoms with Gasteiger partial charge in [0, 0.05) is 6.20 Å². The molecule has 0 aliphatic carbocycles. The highest BCUT2D eigenvalue weighted by Crippen LogP contribution is 2.34. The topological polar surface area (TPSA) is 98.7 Å². The SMILES string of the molecule is COc1ccc(CN(c2scnc2C(=O)OC(C)(C)C)S(=O)(=O)c2cnc(Cl)c(F)c2)cc1. The maximum absolute atomic E-state index is 14.0. The lowest BCUT2D eigenvalue weighted by atomic mass is 10.2. The van der Waals surface area contributed by atoms with Crippen molar-refractivity contribution < 1.29 is 27.1 Å². The number of carbonyl (C=O) groups excluding carboxylic acids is 1. The smallest absolute Gasteiger partial charge is 0.360 e. The van der Waals surface area contributed by atoms with Crippen molar-refractivity contribution in [2.24, 2.45) is 0 Å². The van der Waals surface area contributed by atoms with Crippen molar-refractivity contribution >= 4 is 43.9 Å². The Balaban J connectivity index is 2.11. The largest absolute Gasteiger partial charge is 0.497 e. The van der Waals surface area contributed by atoms with Gasteiger partial charge in [-0.15, -0.1) is 11.3 Å². The summed E-state index contributed by atoms with van der Waals surface area (Å²) in [6, 6.07) is 7.47. The van der Waals surface area contributed by atoms with Crippen LogP contribution in [-0.4, -0.2) is 37.1 Å². The average molecular weight is 514 g/mol. The van der Waals surface area contributed by atoms with E-state index >= 15 is 0 Å². The quantitative estimate of drug-likeness (QED) is 0.334. The minimum atomic E-state index is -4.37. The van der Waals surface area contributed by atoms with Crippen LogP contribution in [0.25, 0.3) is 0 Å². The molecule has 176 valence electrons. The van der Waals surface area contributed by atoms with E-state index in [-0.39, 0.29) is 17.2 Å². The molecule has 3 aromatic rings. The van der Waals surface area contributed by atoms with Crippen molar-refractivity contribution in [3.63, 3.8) is 0 Å². The lowest BCUT2D eigenvalue weighted by Crippen LogP contribution is -2.32. The van der Waals surface area contributed by atoms with E-state index in [1.165, 1.54) is 12.6 Å².